The minimum Gasteiger partial charge on any atom is -0.485 e. The molecule has 6 nitrogen and oxygen atoms in total. The highest BCUT2D eigenvalue weighted by Gasteiger charge is 2.15. The second kappa shape index (κ2) is 8.90. The number of rotatable bonds is 5. The molecule has 6 heteroatoms. The first-order valence-corrected chi connectivity index (χ1v) is 10.8. The van der Waals surface area contributed by atoms with Crippen LogP contribution in [0.5, 0.6) is 5.75 Å². The molecular weight excluding hydrogens is 414 g/mol. The van der Waals surface area contributed by atoms with Crippen molar-refractivity contribution in [2.75, 3.05) is 5.32 Å². The topological polar surface area (TPSA) is 72.7 Å². The van der Waals surface area contributed by atoms with E-state index in [4.69, 9.17) is 4.74 Å². The van der Waals surface area contributed by atoms with Crippen LogP contribution in [0, 0.1) is 6.92 Å². The highest BCUT2D eigenvalue weighted by molar-refractivity contribution is 6.05. The summed E-state index contributed by atoms with van der Waals surface area (Å²) in [6.45, 7) is 8.42. The van der Waals surface area contributed by atoms with Crippen LogP contribution in [0.1, 0.15) is 48.0 Å². The molecule has 2 aromatic carbocycles. The van der Waals surface area contributed by atoms with Crippen LogP contribution in [-0.2, 0) is 12.0 Å². The van der Waals surface area contributed by atoms with Crippen LogP contribution >= 0.6 is 0 Å². The molecule has 0 aliphatic heterocycles. The van der Waals surface area contributed by atoms with Crippen LogP contribution in [0.25, 0.3) is 5.65 Å². The van der Waals surface area contributed by atoms with Crippen LogP contribution in [0.2, 0.25) is 0 Å². The zero-order valence-corrected chi connectivity index (χ0v) is 19.3. The number of benzene rings is 2. The van der Waals surface area contributed by atoms with Gasteiger partial charge >= 0.3 is 0 Å². The summed E-state index contributed by atoms with van der Waals surface area (Å²) in [5.41, 5.74) is 4.17. The number of carbonyl (C=O) groups excluding carboxylic acids is 1. The first-order chi connectivity index (χ1) is 15.7. The minimum atomic E-state index is -0.218. The Bertz CT molecular complexity index is 1370. The molecule has 1 N–H and O–H groups in total. The molecule has 0 fully saturated rings. The van der Waals surface area contributed by atoms with Crippen molar-refractivity contribution in [3.63, 3.8) is 0 Å². The SMILES string of the molecule is Cc1cccn2c(=O)cc(COc3ccccc3NC(=O)c3ccc(C(C)(C)C)cc3)nc12. The molecule has 0 unspecified atom stereocenters. The predicted octanol–water partition coefficient (Wildman–Crippen LogP) is 5.13. The molecule has 4 rings (SSSR count). The van der Waals surface area contributed by atoms with Gasteiger partial charge in [-0.05, 0) is 53.8 Å². The van der Waals surface area contributed by atoms with E-state index in [1.54, 1.807) is 18.3 Å². The molecule has 1 amide bonds. The number of amides is 1. The summed E-state index contributed by atoms with van der Waals surface area (Å²) in [6.07, 6.45) is 1.70. The Labute approximate surface area is 192 Å². The highest BCUT2D eigenvalue weighted by Crippen LogP contribution is 2.26. The Morgan fingerprint density at radius 2 is 1.76 bits per heavy atom. The van der Waals surface area contributed by atoms with Crippen LogP contribution in [0.15, 0.2) is 77.7 Å². The molecule has 2 heterocycles. The smallest absolute Gasteiger partial charge is 0.258 e. The van der Waals surface area contributed by atoms with Gasteiger partial charge in [0.15, 0.2) is 0 Å². The molecule has 4 aromatic rings. The molecule has 0 aliphatic carbocycles. The Balaban J connectivity index is 1.51. The average molecular weight is 442 g/mol. The predicted molar refractivity (Wildman–Crippen MR) is 130 cm³/mol. The van der Waals surface area contributed by atoms with Gasteiger partial charge in [-0.3, -0.25) is 14.0 Å². The third-order valence-corrected chi connectivity index (χ3v) is 5.46. The lowest BCUT2D eigenvalue weighted by atomic mass is 9.87. The Morgan fingerprint density at radius 1 is 1.03 bits per heavy atom. The summed E-state index contributed by atoms with van der Waals surface area (Å²) >= 11 is 0. The van der Waals surface area contributed by atoms with Crippen molar-refractivity contribution < 1.29 is 9.53 Å². The zero-order valence-electron chi connectivity index (χ0n) is 19.3. The van der Waals surface area contributed by atoms with Crippen LogP contribution in [0.4, 0.5) is 5.69 Å². The van der Waals surface area contributed by atoms with E-state index < -0.39 is 0 Å². The standard InChI is InChI=1S/C27H27N3O3/c1-18-8-7-15-30-24(31)16-21(28-25(18)30)17-33-23-10-6-5-9-22(23)29-26(32)19-11-13-20(14-12-19)27(2,3)4/h5-16H,17H2,1-4H3,(H,29,32). The van der Waals surface area contributed by atoms with E-state index in [1.165, 1.54) is 10.5 Å². The molecule has 0 spiro atoms. The number of hydrogen-bond donors (Lipinski definition) is 1. The monoisotopic (exact) mass is 441 g/mol. The first kappa shape index (κ1) is 22.3. The van der Waals surface area contributed by atoms with Crippen molar-refractivity contribution in [2.24, 2.45) is 0 Å². The van der Waals surface area contributed by atoms with E-state index in [9.17, 15) is 9.59 Å². The van der Waals surface area contributed by atoms with Crippen molar-refractivity contribution in [3.05, 3.63) is 106 Å². The van der Waals surface area contributed by atoms with Gasteiger partial charge in [0.25, 0.3) is 11.5 Å². The van der Waals surface area contributed by atoms with E-state index in [0.29, 0.717) is 28.3 Å². The van der Waals surface area contributed by atoms with Crippen LogP contribution in [-0.4, -0.2) is 15.3 Å². The molecule has 0 bridgehead atoms. The fourth-order valence-electron chi connectivity index (χ4n) is 3.55. The number of hydrogen-bond acceptors (Lipinski definition) is 4. The molecule has 168 valence electrons. The molecule has 0 atom stereocenters. The number of nitrogens with one attached hydrogen (secondary N) is 1. The van der Waals surface area contributed by atoms with Gasteiger partial charge in [0.2, 0.25) is 0 Å². The Kier molecular flexibility index (Phi) is 6.01. The van der Waals surface area contributed by atoms with Gasteiger partial charge in [-0.1, -0.05) is 51.1 Å². The second-order valence-electron chi connectivity index (χ2n) is 9.04. The maximum atomic E-state index is 12.8. The van der Waals surface area contributed by atoms with E-state index in [0.717, 1.165) is 11.1 Å². The maximum absolute atomic E-state index is 12.8. The fourth-order valence-corrected chi connectivity index (χ4v) is 3.55. The maximum Gasteiger partial charge on any atom is 0.258 e. The number of aryl methyl sites for hydroxylation is 1. The molecule has 33 heavy (non-hydrogen) atoms. The van der Waals surface area contributed by atoms with Gasteiger partial charge in [-0.25, -0.2) is 4.98 Å². The Hall–Kier alpha value is -3.93. The summed E-state index contributed by atoms with van der Waals surface area (Å²) < 4.78 is 7.45. The summed E-state index contributed by atoms with van der Waals surface area (Å²) in [6, 6.07) is 20.0. The van der Waals surface area contributed by atoms with Crippen LogP contribution < -0.4 is 15.6 Å². The van der Waals surface area contributed by atoms with E-state index in [-0.39, 0.29) is 23.5 Å². The normalized spacial score (nSPS) is 11.4. The third kappa shape index (κ3) is 4.95. The summed E-state index contributed by atoms with van der Waals surface area (Å²) in [5, 5.41) is 2.92. The summed E-state index contributed by atoms with van der Waals surface area (Å²) in [5.74, 6) is 0.285. The van der Waals surface area contributed by atoms with Gasteiger partial charge in [-0.2, -0.15) is 0 Å². The van der Waals surface area contributed by atoms with E-state index in [1.807, 2.05) is 55.5 Å². The van der Waals surface area contributed by atoms with Crippen molar-refractivity contribution in [3.8, 4) is 5.75 Å². The highest BCUT2D eigenvalue weighted by atomic mass is 16.5. The van der Waals surface area contributed by atoms with Crippen molar-refractivity contribution >= 4 is 17.2 Å². The van der Waals surface area contributed by atoms with Gasteiger partial charge in [0.05, 0.1) is 11.4 Å². The number of aromatic nitrogens is 2. The van der Waals surface area contributed by atoms with Crippen molar-refractivity contribution in [2.45, 2.75) is 39.7 Å². The number of fused-ring (bicyclic) bond motifs is 1. The third-order valence-electron chi connectivity index (χ3n) is 5.46. The Morgan fingerprint density at radius 3 is 2.48 bits per heavy atom. The van der Waals surface area contributed by atoms with Crippen LogP contribution in [0.3, 0.4) is 0 Å². The number of ether oxygens (including phenoxy) is 1. The number of carbonyl (C=O) groups is 1. The fraction of sp³-hybridized carbons (Fsp3) is 0.222. The van der Waals surface area contributed by atoms with Gasteiger partial charge in [-0.15, -0.1) is 0 Å². The number of pyridine rings is 1. The second-order valence-corrected chi connectivity index (χ2v) is 9.04. The lowest BCUT2D eigenvalue weighted by molar-refractivity contribution is 0.102. The van der Waals surface area contributed by atoms with Gasteiger partial charge in [0.1, 0.15) is 18.0 Å². The summed E-state index contributed by atoms with van der Waals surface area (Å²) in [7, 11) is 0. The van der Waals surface area contributed by atoms with E-state index >= 15 is 0 Å². The molecule has 0 aliphatic rings. The number of anilines is 1. The number of para-hydroxylation sites is 2. The average Bonchev–Trinajstić information content (AvgIpc) is 2.79. The largest absolute Gasteiger partial charge is 0.485 e. The quantitative estimate of drug-likeness (QED) is 0.466. The molecule has 0 radical (unpaired) electrons. The van der Waals surface area contributed by atoms with Gasteiger partial charge < -0.3 is 10.1 Å². The van der Waals surface area contributed by atoms with Crippen molar-refractivity contribution in [1.29, 1.82) is 0 Å². The lowest BCUT2D eigenvalue weighted by Gasteiger charge is -2.19. The molecule has 0 saturated heterocycles. The number of nitrogens with zero attached hydrogens (tertiary/aromatic N) is 2. The minimum absolute atomic E-state index is 0.0211. The molecular formula is C27H27N3O3. The zero-order chi connectivity index (χ0) is 23.6. The summed E-state index contributed by atoms with van der Waals surface area (Å²) in [4.78, 5) is 29.8. The molecule has 0 saturated carbocycles. The van der Waals surface area contributed by atoms with E-state index in [2.05, 4.69) is 31.1 Å². The van der Waals surface area contributed by atoms with Crippen molar-refractivity contribution in [1.82, 2.24) is 9.38 Å². The molecule has 2 aromatic heterocycles. The first-order valence-electron chi connectivity index (χ1n) is 10.8. The lowest BCUT2D eigenvalue weighted by Crippen LogP contribution is -2.17. The van der Waals surface area contributed by atoms with Gasteiger partial charge in [0, 0.05) is 17.8 Å².